The Labute approximate surface area is 89.6 Å². The predicted molar refractivity (Wildman–Crippen MR) is 57.0 cm³/mol. The minimum absolute atomic E-state index is 0.327. The first-order valence-electron chi connectivity index (χ1n) is 5.00. The van der Waals surface area contributed by atoms with E-state index in [1.807, 2.05) is 19.1 Å². The minimum atomic E-state index is -0.327. The van der Waals surface area contributed by atoms with Crippen LogP contribution in [-0.4, -0.2) is 22.7 Å². The van der Waals surface area contributed by atoms with Crippen LogP contribution in [0.2, 0.25) is 0 Å². The molecule has 4 nitrogen and oxygen atoms in total. The third kappa shape index (κ3) is 3.66. The molecule has 1 heterocycles. The van der Waals surface area contributed by atoms with Crippen LogP contribution in [0.5, 0.6) is 0 Å². The van der Waals surface area contributed by atoms with Crippen LogP contribution in [0.4, 0.5) is 0 Å². The van der Waals surface area contributed by atoms with E-state index in [0.717, 1.165) is 12.0 Å². The highest BCUT2D eigenvalue weighted by atomic mass is 16.3. The van der Waals surface area contributed by atoms with Crippen molar-refractivity contribution in [2.45, 2.75) is 26.0 Å². The van der Waals surface area contributed by atoms with Gasteiger partial charge in [-0.05, 0) is 12.5 Å². The maximum atomic E-state index is 9.32. The summed E-state index contributed by atoms with van der Waals surface area (Å²) in [5, 5.41) is 21.2. The van der Waals surface area contributed by atoms with Gasteiger partial charge in [0, 0.05) is 24.8 Å². The molecule has 0 aliphatic heterocycles. The SMILES string of the molecule is CCC(O)CNCc1cccnc1C#N. The van der Waals surface area contributed by atoms with Crippen LogP contribution >= 0.6 is 0 Å². The van der Waals surface area contributed by atoms with Crippen molar-refractivity contribution >= 4 is 0 Å². The number of nitrogens with zero attached hydrogens (tertiary/aromatic N) is 2. The number of aromatic nitrogens is 1. The monoisotopic (exact) mass is 205 g/mol. The molecule has 0 saturated heterocycles. The Bertz CT molecular complexity index is 346. The molecule has 0 radical (unpaired) electrons. The normalized spacial score (nSPS) is 12.1. The fraction of sp³-hybridized carbons (Fsp3) is 0.455. The first-order valence-corrected chi connectivity index (χ1v) is 5.00. The van der Waals surface area contributed by atoms with Crippen LogP contribution in [0.15, 0.2) is 18.3 Å². The summed E-state index contributed by atoms with van der Waals surface area (Å²) in [5.74, 6) is 0. The van der Waals surface area contributed by atoms with Gasteiger partial charge in [0.05, 0.1) is 6.10 Å². The van der Waals surface area contributed by atoms with E-state index in [1.165, 1.54) is 0 Å². The van der Waals surface area contributed by atoms with Crippen LogP contribution in [0.3, 0.4) is 0 Å². The Kier molecular flexibility index (Phi) is 4.75. The minimum Gasteiger partial charge on any atom is -0.392 e. The second kappa shape index (κ2) is 6.12. The van der Waals surface area contributed by atoms with Gasteiger partial charge in [-0.2, -0.15) is 5.26 Å². The van der Waals surface area contributed by atoms with Crippen molar-refractivity contribution in [3.05, 3.63) is 29.6 Å². The van der Waals surface area contributed by atoms with Crippen molar-refractivity contribution in [3.63, 3.8) is 0 Å². The third-order valence-electron chi connectivity index (χ3n) is 2.16. The molecule has 1 unspecified atom stereocenters. The van der Waals surface area contributed by atoms with E-state index < -0.39 is 0 Å². The summed E-state index contributed by atoms with van der Waals surface area (Å²) in [6.45, 7) is 3.03. The van der Waals surface area contributed by atoms with Gasteiger partial charge in [0.2, 0.25) is 0 Å². The number of rotatable bonds is 5. The molecule has 0 aliphatic carbocycles. The molecule has 1 atom stereocenters. The standard InChI is InChI=1S/C11H15N3O/c1-2-10(15)8-13-7-9-4-3-5-14-11(9)6-12/h3-5,10,13,15H,2,7-8H2,1H3. The van der Waals surface area contributed by atoms with Crippen molar-refractivity contribution in [2.24, 2.45) is 0 Å². The van der Waals surface area contributed by atoms with Gasteiger partial charge in [-0.25, -0.2) is 4.98 Å². The molecule has 15 heavy (non-hydrogen) atoms. The average molecular weight is 205 g/mol. The molecule has 0 spiro atoms. The van der Waals surface area contributed by atoms with Gasteiger partial charge in [0.15, 0.2) is 0 Å². The lowest BCUT2D eigenvalue weighted by atomic mass is 10.2. The molecular formula is C11H15N3O. The van der Waals surface area contributed by atoms with Crippen molar-refractivity contribution in [3.8, 4) is 6.07 Å². The molecule has 0 aliphatic rings. The van der Waals surface area contributed by atoms with Gasteiger partial charge < -0.3 is 10.4 Å². The molecule has 2 N–H and O–H groups in total. The average Bonchev–Trinajstić information content (AvgIpc) is 2.29. The largest absolute Gasteiger partial charge is 0.392 e. The lowest BCUT2D eigenvalue weighted by Gasteiger charge is -2.09. The zero-order valence-electron chi connectivity index (χ0n) is 8.77. The molecule has 0 bridgehead atoms. The molecule has 0 fully saturated rings. The Balaban J connectivity index is 2.47. The maximum absolute atomic E-state index is 9.32. The number of hydrogen-bond donors (Lipinski definition) is 2. The van der Waals surface area contributed by atoms with Crippen LogP contribution in [0, 0.1) is 11.3 Å². The molecule has 4 heteroatoms. The number of aliphatic hydroxyl groups is 1. The maximum Gasteiger partial charge on any atom is 0.144 e. The first kappa shape index (κ1) is 11.6. The summed E-state index contributed by atoms with van der Waals surface area (Å²) in [4.78, 5) is 3.95. The second-order valence-electron chi connectivity index (χ2n) is 3.32. The molecule has 1 aromatic rings. The summed E-state index contributed by atoms with van der Waals surface area (Å²) in [6, 6.07) is 5.69. The first-order chi connectivity index (χ1) is 7.27. The van der Waals surface area contributed by atoms with Gasteiger partial charge in [-0.15, -0.1) is 0 Å². The Hall–Kier alpha value is -1.44. The quantitative estimate of drug-likeness (QED) is 0.746. The number of aliphatic hydroxyl groups excluding tert-OH is 1. The van der Waals surface area contributed by atoms with E-state index in [0.29, 0.717) is 18.8 Å². The highest BCUT2D eigenvalue weighted by Crippen LogP contribution is 2.03. The van der Waals surface area contributed by atoms with Crippen molar-refractivity contribution in [1.82, 2.24) is 10.3 Å². The molecule has 80 valence electrons. The van der Waals surface area contributed by atoms with Gasteiger partial charge in [0.25, 0.3) is 0 Å². The highest BCUT2D eigenvalue weighted by Gasteiger charge is 2.03. The van der Waals surface area contributed by atoms with Crippen molar-refractivity contribution in [2.75, 3.05) is 6.54 Å². The van der Waals surface area contributed by atoms with Gasteiger partial charge >= 0.3 is 0 Å². The molecular weight excluding hydrogens is 190 g/mol. The molecule has 0 amide bonds. The van der Waals surface area contributed by atoms with Crippen LogP contribution in [-0.2, 0) is 6.54 Å². The zero-order valence-corrected chi connectivity index (χ0v) is 8.77. The van der Waals surface area contributed by atoms with Gasteiger partial charge in [-0.1, -0.05) is 13.0 Å². The Morgan fingerprint density at radius 3 is 3.13 bits per heavy atom. The van der Waals surface area contributed by atoms with E-state index in [2.05, 4.69) is 10.3 Å². The molecule has 1 aromatic heterocycles. The second-order valence-corrected chi connectivity index (χ2v) is 3.32. The summed E-state index contributed by atoms with van der Waals surface area (Å²) in [5.41, 5.74) is 1.30. The topological polar surface area (TPSA) is 68.9 Å². The Morgan fingerprint density at radius 1 is 1.67 bits per heavy atom. The fourth-order valence-corrected chi connectivity index (χ4v) is 1.20. The number of hydrogen-bond acceptors (Lipinski definition) is 4. The lowest BCUT2D eigenvalue weighted by molar-refractivity contribution is 0.167. The molecule has 0 saturated carbocycles. The van der Waals surface area contributed by atoms with Crippen LogP contribution in [0.25, 0.3) is 0 Å². The fourth-order valence-electron chi connectivity index (χ4n) is 1.20. The zero-order chi connectivity index (χ0) is 11.1. The predicted octanol–water partition coefficient (Wildman–Crippen LogP) is 0.814. The molecule has 0 aromatic carbocycles. The summed E-state index contributed by atoms with van der Waals surface area (Å²) >= 11 is 0. The van der Waals surface area contributed by atoms with E-state index in [9.17, 15) is 5.11 Å². The lowest BCUT2D eigenvalue weighted by Crippen LogP contribution is -2.26. The third-order valence-corrected chi connectivity index (χ3v) is 2.16. The van der Waals surface area contributed by atoms with Gasteiger partial charge in [0.1, 0.15) is 11.8 Å². The number of nitriles is 1. The van der Waals surface area contributed by atoms with Crippen molar-refractivity contribution in [1.29, 1.82) is 5.26 Å². The van der Waals surface area contributed by atoms with Crippen LogP contribution in [0.1, 0.15) is 24.6 Å². The van der Waals surface area contributed by atoms with E-state index >= 15 is 0 Å². The molecule has 1 rings (SSSR count). The summed E-state index contributed by atoms with van der Waals surface area (Å²) in [7, 11) is 0. The number of pyridine rings is 1. The van der Waals surface area contributed by atoms with E-state index in [1.54, 1.807) is 12.3 Å². The number of nitrogens with one attached hydrogen (secondary N) is 1. The Morgan fingerprint density at radius 2 is 2.47 bits per heavy atom. The summed E-state index contributed by atoms with van der Waals surface area (Å²) in [6.07, 6.45) is 2.00. The smallest absolute Gasteiger partial charge is 0.144 e. The van der Waals surface area contributed by atoms with Gasteiger partial charge in [-0.3, -0.25) is 0 Å². The van der Waals surface area contributed by atoms with E-state index in [-0.39, 0.29) is 6.10 Å². The summed E-state index contributed by atoms with van der Waals surface area (Å²) < 4.78 is 0. The van der Waals surface area contributed by atoms with E-state index in [4.69, 9.17) is 5.26 Å². The van der Waals surface area contributed by atoms with Crippen molar-refractivity contribution < 1.29 is 5.11 Å². The van der Waals surface area contributed by atoms with Crippen LogP contribution < -0.4 is 5.32 Å². The highest BCUT2D eigenvalue weighted by molar-refractivity contribution is 5.30.